The molecule has 0 spiro atoms. The van der Waals surface area contributed by atoms with Gasteiger partial charge in [0.15, 0.2) is 0 Å². The van der Waals surface area contributed by atoms with Gasteiger partial charge in [-0.3, -0.25) is 0 Å². The monoisotopic (exact) mass is 539 g/mol. The van der Waals surface area contributed by atoms with Gasteiger partial charge in [-0.1, -0.05) is 6.07 Å². The average Bonchev–Trinajstić information content (AvgIpc) is 2.85. The Morgan fingerprint density at radius 2 is 1.21 bits per heavy atom. The number of halogens is 7. The highest BCUT2D eigenvalue weighted by atomic mass is 79.9. The minimum absolute atomic E-state index is 0. The van der Waals surface area contributed by atoms with Gasteiger partial charge >= 0.3 is 20.3 Å². The summed E-state index contributed by atoms with van der Waals surface area (Å²) in [6, 6.07) is 6.70. The van der Waals surface area contributed by atoms with Crippen LogP contribution in [0.4, 0.5) is 26.3 Å². The fraction of sp³-hybridized carbons (Fsp3) is 0.400. The Hall–Kier alpha value is -1.85. The Morgan fingerprint density at radius 1 is 0.788 bits per heavy atom. The zero-order valence-corrected chi connectivity index (χ0v) is 19.6. The molecular formula is C20H20B2BrF6O4. The molecule has 179 valence electrons. The molecule has 13 heteroatoms. The van der Waals surface area contributed by atoms with Gasteiger partial charge < -0.3 is 18.8 Å². The van der Waals surface area contributed by atoms with Gasteiger partial charge in [0.1, 0.15) is 23.1 Å². The summed E-state index contributed by atoms with van der Waals surface area (Å²) in [5.74, 6) is -1.77. The van der Waals surface area contributed by atoms with Crippen LogP contribution >= 0.6 is 15.9 Å². The normalized spacial score (nSPS) is 16.2. The van der Waals surface area contributed by atoms with E-state index in [1.165, 1.54) is 12.1 Å². The third-order valence-corrected chi connectivity index (χ3v) is 5.46. The first kappa shape index (κ1) is 29.2. The summed E-state index contributed by atoms with van der Waals surface area (Å²) in [5.41, 5.74) is -0.993. The predicted octanol–water partition coefficient (Wildman–Crippen LogP) is 5.54. The van der Waals surface area contributed by atoms with Crippen molar-refractivity contribution in [1.82, 2.24) is 0 Å². The number of rotatable bonds is 5. The van der Waals surface area contributed by atoms with E-state index >= 15 is 0 Å². The van der Waals surface area contributed by atoms with Crippen molar-refractivity contribution in [2.24, 2.45) is 0 Å². The van der Waals surface area contributed by atoms with Crippen LogP contribution < -0.4 is 14.9 Å². The maximum Gasteiger partial charge on any atom is 0.498 e. The van der Waals surface area contributed by atoms with Crippen molar-refractivity contribution in [2.75, 3.05) is 0 Å². The molecule has 0 aromatic heterocycles. The zero-order chi connectivity index (χ0) is 24.3. The van der Waals surface area contributed by atoms with E-state index in [9.17, 15) is 26.3 Å². The first-order valence-electron chi connectivity index (χ1n) is 9.21. The van der Waals surface area contributed by atoms with Crippen molar-refractivity contribution in [1.29, 1.82) is 0 Å². The van der Waals surface area contributed by atoms with Crippen LogP contribution in [0.15, 0.2) is 40.9 Å². The smallest absolute Gasteiger partial charge is 0.435 e. The highest BCUT2D eigenvalue weighted by molar-refractivity contribution is 9.10. The molecule has 2 aromatic rings. The predicted molar refractivity (Wildman–Crippen MR) is 115 cm³/mol. The highest BCUT2D eigenvalue weighted by Crippen LogP contribution is 2.37. The van der Waals surface area contributed by atoms with Gasteiger partial charge in [-0.15, -0.1) is 0 Å². The van der Waals surface area contributed by atoms with Crippen LogP contribution in [-0.4, -0.2) is 40.0 Å². The molecule has 1 saturated heterocycles. The largest absolute Gasteiger partial charge is 0.498 e. The molecule has 0 aliphatic carbocycles. The van der Waals surface area contributed by atoms with Gasteiger partial charge in [0.25, 0.3) is 0 Å². The maximum absolute atomic E-state index is 13.2. The minimum Gasteiger partial charge on any atom is -0.435 e. The van der Waals surface area contributed by atoms with Gasteiger partial charge in [-0.2, -0.15) is 17.6 Å². The fourth-order valence-corrected chi connectivity index (χ4v) is 2.87. The van der Waals surface area contributed by atoms with Crippen molar-refractivity contribution in [3.05, 3.63) is 52.5 Å². The number of alkyl halides is 4. The van der Waals surface area contributed by atoms with E-state index in [0.717, 1.165) is 24.3 Å². The van der Waals surface area contributed by atoms with Gasteiger partial charge in [-0.25, -0.2) is 8.78 Å². The van der Waals surface area contributed by atoms with E-state index in [0.29, 0.717) is 4.47 Å². The van der Waals surface area contributed by atoms with Crippen LogP contribution in [0.25, 0.3) is 0 Å². The molecule has 4 nitrogen and oxygen atoms in total. The van der Waals surface area contributed by atoms with Gasteiger partial charge in [0, 0.05) is 26.0 Å². The van der Waals surface area contributed by atoms with E-state index in [4.69, 9.17) is 9.31 Å². The summed E-state index contributed by atoms with van der Waals surface area (Å²) in [7, 11) is -0.880. The molecule has 3 rings (SSSR count). The Kier molecular flexibility index (Phi) is 10.2. The SMILES string of the molecule is CC1(C)OB(c2ccc(F)cc2OC(F)F)OC1(C)C.Fc1ccc(Br)c(OC(F)F)c1.[B]. The third-order valence-electron chi connectivity index (χ3n) is 4.81. The lowest BCUT2D eigenvalue weighted by atomic mass is 9.78. The maximum atomic E-state index is 13.2. The zero-order valence-electron chi connectivity index (χ0n) is 18.1. The van der Waals surface area contributed by atoms with Crippen LogP contribution in [-0.2, 0) is 9.31 Å². The molecule has 33 heavy (non-hydrogen) atoms. The van der Waals surface area contributed by atoms with Crippen LogP contribution in [0, 0.1) is 11.6 Å². The van der Waals surface area contributed by atoms with Crippen LogP contribution in [0.2, 0.25) is 0 Å². The molecule has 0 N–H and O–H groups in total. The minimum atomic E-state index is -3.04. The summed E-state index contributed by atoms with van der Waals surface area (Å²) in [4.78, 5) is 0. The molecule has 1 aliphatic rings. The Balaban J connectivity index is 0.000000361. The Bertz CT molecular complexity index is 917. The van der Waals surface area contributed by atoms with Crippen molar-refractivity contribution >= 4 is 36.9 Å². The quantitative estimate of drug-likeness (QED) is 0.370. The number of hydrogen-bond acceptors (Lipinski definition) is 4. The van der Waals surface area contributed by atoms with E-state index in [1.54, 1.807) is 0 Å². The second-order valence-electron chi connectivity index (χ2n) is 7.60. The fourth-order valence-electron chi connectivity index (χ4n) is 2.53. The molecule has 1 aliphatic heterocycles. The summed E-state index contributed by atoms with van der Waals surface area (Å²) in [5, 5.41) is 0. The van der Waals surface area contributed by atoms with E-state index in [1.807, 2.05) is 27.7 Å². The van der Waals surface area contributed by atoms with E-state index in [-0.39, 0.29) is 25.4 Å². The molecule has 2 aromatic carbocycles. The van der Waals surface area contributed by atoms with Gasteiger partial charge in [0.05, 0.1) is 15.7 Å². The Labute approximate surface area is 198 Å². The lowest BCUT2D eigenvalue weighted by Gasteiger charge is -2.32. The second-order valence-corrected chi connectivity index (χ2v) is 8.46. The molecule has 3 radical (unpaired) electrons. The van der Waals surface area contributed by atoms with Gasteiger partial charge in [-0.05, 0) is 61.8 Å². The molecular weight excluding hydrogens is 520 g/mol. The summed E-state index contributed by atoms with van der Waals surface area (Å²) >= 11 is 2.93. The molecule has 0 amide bonds. The lowest BCUT2D eigenvalue weighted by Crippen LogP contribution is -2.41. The first-order valence-corrected chi connectivity index (χ1v) is 10.0. The molecule has 1 fully saturated rings. The topological polar surface area (TPSA) is 36.9 Å². The summed E-state index contributed by atoms with van der Waals surface area (Å²) < 4.78 is 93.9. The average molecular weight is 540 g/mol. The Morgan fingerprint density at radius 3 is 1.70 bits per heavy atom. The third kappa shape index (κ3) is 7.86. The molecule has 1 heterocycles. The first-order chi connectivity index (χ1) is 14.7. The molecule has 0 unspecified atom stereocenters. The van der Waals surface area contributed by atoms with Crippen molar-refractivity contribution < 1.29 is 45.1 Å². The van der Waals surface area contributed by atoms with Gasteiger partial charge in [0.2, 0.25) is 0 Å². The molecule has 0 bridgehead atoms. The highest BCUT2D eigenvalue weighted by Gasteiger charge is 2.52. The van der Waals surface area contributed by atoms with Crippen molar-refractivity contribution in [2.45, 2.75) is 52.1 Å². The van der Waals surface area contributed by atoms with Crippen LogP contribution in [0.1, 0.15) is 27.7 Å². The van der Waals surface area contributed by atoms with E-state index < -0.39 is 43.2 Å². The van der Waals surface area contributed by atoms with Crippen LogP contribution in [0.3, 0.4) is 0 Å². The standard InChI is InChI=1S/C13H16BF3O3.C7H4BrF3O.B/c1-12(2)13(3,4)20-14(19-12)9-6-5-8(15)7-10(9)18-11(16)17;8-5-2-1-4(9)3-6(5)12-7(10)11;/h5-7,11H,1-4H3;1-3,7H;. The van der Waals surface area contributed by atoms with E-state index in [2.05, 4.69) is 25.4 Å². The van der Waals surface area contributed by atoms with Crippen molar-refractivity contribution in [3.63, 3.8) is 0 Å². The second kappa shape index (κ2) is 11.5. The molecule has 0 atom stereocenters. The van der Waals surface area contributed by atoms with Crippen LogP contribution in [0.5, 0.6) is 11.5 Å². The number of benzene rings is 2. The number of hydrogen-bond donors (Lipinski definition) is 0. The van der Waals surface area contributed by atoms with Crippen molar-refractivity contribution in [3.8, 4) is 11.5 Å². The summed E-state index contributed by atoms with van der Waals surface area (Å²) in [6.45, 7) is 1.36. The molecule has 0 saturated carbocycles. The lowest BCUT2D eigenvalue weighted by molar-refractivity contribution is -0.0508. The number of ether oxygens (including phenoxy) is 2. The summed E-state index contributed by atoms with van der Waals surface area (Å²) in [6.07, 6.45) is 0.